The van der Waals surface area contributed by atoms with Crippen molar-refractivity contribution in [1.29, 1.82) is 0 Å². The zero-order valence-corrected chi connectivity index (χ0v) is 11.0. The Labute approximate surface area is 116 Å². The summed E-state index contributed by atoms with van der Waals surface area (Å²) in [6.07, 6.45) is 3.14. The highest BCUT2D eigenvalue weighted by Crippen LogP contribution is 2.16. The van der Waals surface area contributed by atoms with Crippen LogP contribution in [0.5, 0.6) is 0 Å². The van der Waals surface area contributed by atoms with Crippen LogP contribution in [-0.2, 0) is 6.54 Å². The molecule has 0 aliphatic carbocycles. The van der Waals surface area contributed by atoms with Crippen molar-refractivity contribution in [2.24, 2.45) is 0 Å². The molecule has 0 radical (unpaired) electrons. The van der Waals surface area contributed by atoms with Crippen molar-refractivity contribution in [3.63, 3.8) is 0 Å². The summed E-state index contributed by atoms with van der Waals surface area (Å²) in [6, 6.07) is 2.69. The SMILES string of the molecule is O=C(O)c1ccc(CNC(=O)N2CCCC2CO)cn1. The number of nitrogens with one attached hydrogen (secondary N) is 1. The fraction of sp³-hybridized carbons (Fsp3) is 0.462. The molecule has 1 unspecified atom stereocenters. The van der Waals surface area contributed by atoms with Crippen LogP contribution in [0, 0.1) is 0 Å². The van der Waals surface area contributed by atoms with E-state index < -0.39 is 5.97 Å². The lowest BCUT2D eigenvalue weighted by molar-refractivity contribution is 0.0690. The molecule has 108 valence electrons. The molecule has 1 aromatic rings. The van der Waals surface area contributed by atoms with Crippen molar-refractivity contribution < 1.29 is 19.8 Å². The highest BCUT2D eigenvalue weighted by Gasteiger charge is 2.27. The Bertz CT molecular complexity index is 489. The molecule has 0 aromatic carbocycles. The van der Waals surface area contributed by atoms with Crippen molar-refractivity contribution >= 4 is 12.0 Å². The Hall–Kier alpha value is -2.15. The molecule has 1 fully saturated rings. The summed E-state index contributed by atoms with van der Waals surface area (Å²) in [5.74, 6) is -1.08. The number of aliphatic hydroxyl groups excluding tert-OH is 1. The standard InChI is InChI=1S/C13H17N3O4/c17-8-10-2-1-5-16(10)13(20)15-7-9-3-4-11(12(18)19)14-6-9/h3-4,6,10,17H,1-2,5,7-8H2,(H,15,20)(H,18,19). The lowest BCUT2D eigenvalue weighted by atomic mass is 10.2. The Morgan fingerprint density at radius 2 is 2.25 bits per heavy atom. The smallest absolute Gasteiger partial charge is 0.354 e. The Kier molecular flexibility index (Phi) is 4.52. The monoisotopic (exact) mass is 279 g/mol. The van der Waals surface area contributed by atoms with E-state index >= 15 is 0 Å². The van der Waals surface area contributed by atoms with E-state index in [0.717, 1.165) is 18.4 Å². The summed E-state index contributed by atoms with van der Waals surface area (Å²) < 4.78 is 0. The van der Waals surface area contributed by atoms with E-state index in [4.69, 9.17) is 10.2 Å². The maximum atomic E-state index is 12.0. The summed E-state index contributed by atoms with van der Waals surface area (Å²) in [6.45, 7) is 0.899. The summed E-state index contributed by atoms with van der Waals surface area (Å²) in [4.78, 5) is 28.0. The second kappa shape index (κ2) is 6.33. The van der Waals surface area contributed by atoms with Crippen molar-refractivity contribution in [2.45, 2.75) is 25.4 Å². The molecule has 1 aromatic heterocycles. The molecule has 20 heavy (non-hydrogen) atoms. The van der Waals surface area contributed by atoms with E-state index in [-0.39, 0.29) is 30.9 Å². The van der Waals surface area contributed by atoms with E-state index in [0.29, 0.717) is 6.54 Å². The number of carboxylic acids is 1. The highest BCUT2D eigenvalue weighted by molar-refractivity contribution is 5.85. The molecule has 1 aliphatic heterocycles. The van der Waals surface area contributed by atoms with Crippen LogP contribution in [0.15, 0.2) is 18.3 Å². The van der Waals surface area contributed by atoms with Gasteiger partial charge in [-0.25, -0.2) is 14.6 Å². The number of urea groups is 1. The van der Waals surface area contributed by atoms with Crippen molar-refractivity contribution in [3.8, 4) is 0 Å². The minimum atomic E-state index is -1.08. The minimum absolute atomic E-state index is 0.0255. The molecule has 0 spiro atoms. The van der Waals surface area contributed by atoms with Gasteiger partial charge in [0.25, 0.3) is 0 Å². The average molecular weight is 279 g/mol. The molecule has 0 bridgehead atoms. The van der Waals surface area contributed by atoms with Gasteiger partial charge in [-0.3, -0.25) is 0 Å². The molecule has 0 saturated carbocycles. The topological polar surface area (TPSA) is 103 Å². The number of hydrogen-bond acceptors (Lipinski definition) is 4. The molecule has 7 heteroatoms. The van der Waals surface area contributed by atoms with E-state index in [9.17, 15) is 9.59 Å². The molecular weight excluding hydrogens is 262 g/mol. The fourth-order valence-corrected chi connectivity index (χ4v) is 2.23. The molecule has 1 atom stereocenters. The molecule has 3 N–H and O–H groups in total. The summed E-state index contributed by atoms with van der Waals surface area (Å²) in [7, 11) is 0. The number of pyridine rings is 1. The first-order valence-electron chi connectivity index (χ1n) is 6.45. The Morgan fingerprint density at radius 1 is 1.45 bits per heavy atom. The number of carbonyl (C=O) groups excluding carboxylic acids is 1. The number of hydrogen-bond donors (Lipinski definition) is 3. The molecule has 1 aliphatic rings. The van der Waals surface area contributed by atoms with Gasteiger partial charge in [-0.2, -0.15) is 0 Å². The third-order valence-electron chi connectivity index (χ3n) is 3.34. The number of likely N-dealkylation sites (tertiary alicyclic amines) is 1. The van der Waals surface area contributed by atoms with Gasteiger partial charge in [0.15, 0.2) is 0 Å². The molecule has 2 amide bonds. The quantitative estimate of drug-likeness (QED) is 0.742. The number of amides is 2. The van der Waals surface area contributed by atoms with Crippen LogP contribution in [0.3, 0.4) is 0 Å². The number of carbonyl (C=O) groups is 2. The van der Waals surface area contributed by atoms with Crippen LogP contribution in [0.25, 0.3) is 0 Å². The Balaban J connectivity index is 1.88. The van der Waals surface area contributed by atoms with E-state index in [1.165, 1.54) is 12.3 Å². The maximum Gasteiger partial charge on any atom is 0.354 e. The third kappa shape index (κ3) is 3.24. The zero-order chi connectivity index (χ0) is 14.5. The average Bonchev–Trinajstić information content (AvgIpc) is 2.93. The number of aliphatic hydroxyl groups is 1. The first kappa shape index (κ1) is 14.3. The van der Waals surface area contributed by atoms with Gasteiger partial charge < -0.3 is 20.4 Å². The lowest BCUT2D eigenvalue weighted by Gasteiger charge is -2.23. The van der Waals surface area contributed by atoms with Gasteiger partial charge in [-0.1, -0.05) is 6.07 Å². The van der Waals surface area contributed by atoms with E-state index in [1.807, 2.05) is 0 Å². The summed E-state index contributed by atoms with van der Waals surface area (Å²) in [5.41, 5.74) is 0.697. The molecule has 2 heterocycles. The first-order chi connectivity index (χ1) is 9.61. The lowest BCUT2D eigenvalue weighted by Crippen LogP contribution is -2.43. The predicted octanol–water partition coefficient (Wildman–Crippen LogP) is 0.446. The number of aromatic carboxylic acids is 1. The minimum Gasteiger partial charge on any atom is -0.477 e. The van der Waals surface area contributed by atoms with Crippen molar-refractivity contribution in [2.75, 3.05) is 13.2 Å². The number of nitrogens with zero attached hydrogens (tertiary/aromatic N) is 2. The van der Waals surface area contributed by atoms with Gasteiger partial charge in [0.1, 0.15) is 5.69 Å². The molecule has 1 saturated heterocycles. The third-order valence-corrected chi connectivity index (χ3v) is 3.34. The van der Waals surface area contributed by atoms with Crippen LogP contribution >= 0.6 is 0 Å². The largest absolute Gasteiger partial charge is 0.477 e. The van der Waals surface area contributed by atoms with Gasteiger partial charge in [-0.05, 0) is 24.5 Å². The molecular formula is C13H17N3O4. The van der Waals surface area contributed by atoms with Crippen LogP contribution in [-0.4, -0.2) is 51.3 Å². The molecule has 7 nitrogen and oxygen atoms in total. The summed E-state index contributed by atoms with van der Waals surface area (Å²) in [5, 5.41) is 20.6. The van der Waals surface area contributed by atoms with Gasteiger partial charge >= 0.3 is 12.0 Å². The van der Waals surface area contributed by atoms with Crippen LogP contribution in [0.2, 0.25) is 0 Å². The van der Waals surface area contributed by atoms with Crippen LogP contribution in [0.4, 0.5) is 4.79 Å². The maximum absolute atomic E-state index is 12.0. The van der Waals surface area contributed by atoms with Gasteiger partial charge in [0, 0.05) is 19.3 Å². The summed E-state index contributed by atoms with van der Waals surface area (Å²) >= 11 is 0. The van der Waals surface area contributed by atoms with Crippen molar-refractivity contribution in [3.05, 3.63) is 29.6 Å². The van der Waals surface area contributed by atoms with Gasteiger partial charge in [-0.15, -0.1) is 0 Å². The number of carboxylic acid groups (broad SMARTS) is 1. The fourth-order valence-electron chi connectivity index (χ4n) is 2.23. The molecule has 2 rings (SSSR count). The normalized spacial score (nSPS) is 18.1. The second-order valence-electron chi connectivity index (χ2n) is 4.69. The van der Waals surface area contributed by atoms with E-state index in [1.54, 1.807) is 11.0 Å². The number of rotatable bonds is 4. The first-order valence-corrected chi connectivity index (χ1v) is 6.45. The highest BCUT2D eigenvalue weighted by atomic mass is 16.4. The van der Waals surface area contributed by atoms with Crippen molar-refractivity contribution in [1.82, 2.24) is 15.2 Å². The zero-order valence-electron chi connectivity index (χ0n) is 11.0. The van der Waals surface area contributed by atoms with Crippen LogP contribution in [0.1, 0.15) is 28.9 Å². The van der Waals surface area contributed by atoms with Crippen LogP contribution < -0.4 is 5.32 Å². The Morgan fingerprint density at radius 3 is 2.85 bits per heavy atom. The second-order valence-corrected chi connectivity index (χ2v) is 4.69. The van der Waals surface area contributed by atoms with Gasteiger partial charge in [0.05, 0.1) is 12.6 Å². The van der Waals surface area contributed by atoms with Gasteiger partial charge in [0.2, 0.25) is 0 Å². The van der Waals surface area contributed by atoms with E-state index in [2.05, 4.69) is 10.3 Å². The number of aromatic nitrogens is 1. The predicted molar refractivity (Wildman–Crippen MR) is 70.2 cm³/mol.